The van der Waals surface area contributed by atoms with Crippen LogP contribution >= 0.6 is 23.2 Å². The van der Waals surface area contributed by atoms with Crippen molar-refractivity contribution in [1.82, 2.24) is 4.90 Å². The Hall–Kier alpha value is -2.30. The van der Waals surface area contributed by atoms with Crippen molar-refractivity contribution in [2.45, 2.75) is 19.3 Å². The maximum Gasteiger partial charge on any atom is 0.331 e. The number of benzene rings is 2. The van der Waals surface area contributed by atoms with Crippen LogP contribution < -0.4 is 0 Å². The molecule has 1 aliphatic rings. The predicted octanol–water partition coefficient (Wildman–Crippen LogP) is 5.03. The third kappa shape index (κ3) is 6.62. The molecule has 152 valence electrons. The van der Waals surface area contributed by atoms with Crippen LogP contribution in [-0.4, -0.2) is 36.5 Å². The predicted molar refractivity (Wildman–Crippen MR) is 116 cm³/mol. The average molecular weight is 432 g/mol. The molecule has 0 unspecified atom stereocenters. The molecule has 0 bridgehead atoms. The van der Waals surface area contributed by atoms with Gasteiger partial charge in [0.05, 0.1) is 0 Å². The molecule has 6 heteroatoms. The van der Waals surface area contributed by atoms with E-state index in [2.05, 4.69) is 24.3 Å². The van der Waals surface area contributed by atoms with Crippen LogP contribution in [0.4, 0.5) is 0 Å². The molecule has 1 fully saturated rings. The Morgan fingerprint density at radius 1 is 1.07 bits per heavy atom. The van der Waals surface area contributed by atoms with E-state index in [0.717, 1.165) is 19.3 Å². The molecule has 3 rings (SSSR count). The molecule has 0 spiro atoms. The standard InChI is InChI=1S/C23H23Cl2NO3/c24-20-8-6-19(21(25)15-20)7-9-23(28)29-16-22(27)26-12-10-18(11-13-26)14-17-4-2-1-3-5-17/h1-9,15,18H,10-14,16H2. The van der Waals surface area contributed by atoms with Gasteiger partial charge in [0.1, 0.15) is 0 Å². The Bertz CT molecular complexity index is 875. The highest BCUT2D eigenvalue weighted by Crippen LogP contribution is 2.23. The van der Waals surface area contributed by atoms with Gasteiger partial charge in [-0.15, -0.1) is 0 Å². The molecular formula is C23H23Cl2NO3. The topological polar surface area (TPSA) is 46.6 Å². The molecular weight excluding hydrogens is 409 g/mol. The number of ether oxygens (including phenoxy) is 1. The molecule has 0 aromatic heterocycles. The van der Waals surface area contributed by atoms with Gasteiger partial charge in [-0.1, -0.05) is 59.6 Å². The number of carbonyl (C=O) groups is 2. The van der Waals surface area contributed by atoms with Crippen LogP contribution in [0.3, 0.4) is 0 Å². The smallest absolute Gasteiger partial charge is 0.331 e. The van der Waals surface area contributed by atoms with Crippen LogP contribution in [0, 0.1) is 5.92 Å². The number of halogens is 2. The number of hydrogen-bond donors (Lipinski definition) is 0. The number of likely N-dealkylation sites (tertiary alicyclic amines) is 1. The fourth-order valence-electron chi connectivity index (χ4n) is 3.40. The quantitative estimate of drug-likeness (QED) is 0.475. The number of hydrogen-bond acceptors (Lipinski definition) is 3. The monoisotopic (exact) mass is 431 g/mol. The first-order valence-electron chi connectivity index (χ1n) is 9.63. The molecule has 1 aliphatic heterocycles. The van der Waals surface area contributed by atoms with Gasteiger partial charge in [-0.3, -0.25) is 4.79 Å². The maximum atomic E-state index is 12.3. The van der Waals surface area contributed by atoms with Crippen molar-refractivity contribution < 1.29 is 14.3 Å². The van der Waals surface area contributed by atoms with Crippen molar-refractivity contribution in [3.8, 4) is 0 Å². The minimum absolute atomic E-state index is 0.158. The first-order valence-corrected chi connectivity index (χ1v) is 10.4. The number of piperidine rings is 1. The Kier molecular flexibility index (Phi) is 7.73. The Morgan fingerprint density at radius 2 is 1.79 bits per heavy atom. The third-order valence-electron chi connectivity index (χ3n) is 5.03. The summed E-state index contributed by atoms with van der Waals surface area (Å²) in [6, 6.07) is 15.4. The van der Waals surface area contributed by atoms with Gasteiger partial charge >= 0.3 is 5.97 Å². The van der Waals surface area contributed by atoms with Crippen molar-refractivity contribution in [3.05, 3.63) is 75.8 Å². The number of rotatable bonds is 6. The lowest BCUT2D eigenvalue weighted by molar-refractivity contribution is -0.148. The van der Waals surface area contributed by atoms with Gasteiger partial charge in [-0.05, 0) is 54.5 Å². The van der Waals surface area contributed by atoms with E-state index in [9.17, 15) is 9.59 Å². The van der Waals surface area contributed by atoms with Crippen LogP contribution in [0.5, 0.6) is 0 Å². The normalized spacial score (nSPS) is 14.9. The number of carbonyl (C=O) groups excluding carboxylic acids is 2. The van der Waals surface area contributed by atoms with Gasteiger partial charge in [0.15, 0.2) is 6.61 Å². The second-order valence-corrected chi connectivity index (χ2v) is 7.96. The summed E-state index contributed by atoms with van der Waals surface area (Å²) in [5.41, 5.74) is 1.98. The maximum absolute atomic E-state index is 12.3. The fraction of sp³-hybridized carbons (Fsp3) is 0.304. The van der Waals surface area contributed by atoms with Crippen LogP contribution in [0.25, 0.3) is 6.08 Å². The van der Waals surface area contributed by atoms with E-state index >= 15 is 0 Å². The van der Waals surface area contributed by atoms with Crippen LogP contribution in [0.2, 0.25) is 10.0 Å². The summed E-state index contributed by atoms with van der Waals surface area (Å²) >= 11 is 11.9. The van der Waals surface area contributed by atoms with E-state index in [-0.39, 0.29) is 12.5 Å². The summed E-state index contributed by atoms with van der Waals surface area (Å²) in [5.74, 6) is -0.158. The van der Waals surface area contributed by atoms with Gasteiger partial charge in [0, 0.05) is 29.2 Å². The molecule has 0 atom stereocenters. The minimum Gasteiger partial charge on any atom is -0.452 e. The zero-order chi connectivity index (χ0) is 20.6. The molecule has 1 heterocycles. The summed E-state index contributed by atoms with van der Waals surface area (Å²) in [6.45, 7) is 1.15. The van der Waals surface area contributed by atoms with Crippen molar-refractivity contribution in [1.29, 1.82) is 0 Å². The molecule has 29 heavy (non-hydrogen) atoms. The van der Waals surface area contributed by atoms with E-state index in [1.54, 1.807) is 29.2 Å². The summed E-state index contributed by atoms with van der Waals surface area (Å²) in [5, 5.41) is 0.962. The van der Waals surface area contributed by atoms with Crippen LogP contribution in [0.15, 0.2) is 54.6 Å². The molecule has 0 aliphatic carbocycles. The van der Waals surface area contributed by atoms with Gasteiger partial charge < -0.3 is 9.64 Å². The highest BCUT2D eigenvalue weighted by atomic mass is 35.5. The van der Waals surface area contributed by atoms with Gasteiger partial charge in [-0.25, -0.2) is 4.79 Å². The zero-order valence-corrected chi connectivity index (χ0v) is 17.5. The first-order chi connectivity index (χ1) is 14.0. The Morgan fingerprint density at radius 3 is 2.48 bits per heavy atom. The molecule has 1 saturated heterocycles. The van der Waals surface area contributed by atoms with Crippen LogP contribution in [-0.2, 0) is 20.7 Å². The number of amides is 1. The van der Waals surface area contributed by atoms with E-state index in [1.165, 1.54) is 11.6 Å². The van der Waals surface area contributed by atoms with Gasteiger partial charge in [0.25, 0.3) is 5.91 Å². The Balaban J connectivity index is 1.40. The lowest BCUT2D eigenvalue weighted by Crippen LogP contribution is -2.41. The second kappa shape index (κ2) is 10.5. The van der Waals surface area contributed by atoms with E-state index in [1.807, 2.05) is 6.07 Å². The molecule has 1 amide bonds. The lowest BCUT2D eigenvalue weighted by Gasteiger charge is -2.32. The zero-order valence-electron chi connectivity index (χ0n) is 16.0. The van der Waals surface area contributed by atoms with Crippen molar-refractivity contribution in [3.63, 3.8) is 0 Å². The largest absolute Gasteiger partial charge is 0.452 e. The van der Waals surface area contributed by atoms with Gasteiger partial charge in [-0.2, -0.15) is 0 Å². The molecule has 4 nitrogen and oxygen atoms in total. The lowest BCUT2D eigenvalue weighted by atomic mass is 9.90. The molecule has 2 aromatic rings. The molecule has 0 radical (unpaired) electrons. The SMILES string of the molecule is O=C(C=Cc1ccc(Cl)cc1Cl)OCC(=O)N1CCC(Cc2ccccc2)CC1. The first kappa shape index (κ1) is 21.4. The molecule has 2 aromatic carbocycles. The number of esters is 1. The van der Waals surface area contributed by atoms with Crippen molar-refractivity contribution in [2.75, 3.05) is 19.7 Å². The van der Waals surface area contributed by atoms with Crippen molar-refractivity contribution >= 4 is 41.2 Å². The number of nitrogens with zero attached hydrogens (tertiary/aromatic N) is 1. The highest BCUT2D eigenvalue weighted by Gasteiger charge is 2.23. The summed E-state index contributed by atoms with van der Waals surface area (Å²) < 4.78 is 5.08. The highest BCUT2D eigenvalue weighted by molar-refractivity contribution is 6.35. The Labute approximate surface area is 181 Å². The molecule has 0 saturated carbocycles. The summed E-state index contributed by atoms with van der Waals surface area (Å²) in [6.07, 6.45) is 5.76. The summed E-state index contributed by atoms with van der Waals surface area (Å²) in [7, 11) is 0. The van der Waals surface area contributed by atoms with Crippen LogP contribution in [0.1, 0.15) is 24.0 Å². The van der Waals surface area contributed by atoms with E-state index < -0.39 is 5.97 Å². The second-order valence-electron chi connectivity index (χ2n) is 7.12. The summed E-state index contributed by atoms with van der Waals surface area (Å²) in [4.78, 5) is 26.0. The van der Waals surface area contributed by atoms with E-state index in [4.69, 9.17) is 27.9 Å². The minimum atomic E-state index is -0.580. The fourth-order valence-corrected chi connectivity index (χ4v) is 3.87. The average Bonchev–Trinajstić information content (AvgIpc) is 2.72. The van der Waals surface area contributed by atoms with E-state index in [0.29, 0.717) is 34.6 Å². The van der Waals surface area contributed by atoms with Crippen molar-refractivity contribution in [2.24, 2.45) is 5.92 Å². The third-order valence-corrected chi connectivity index (χ3v) is 5.60. The van der Waals surface area contributed by atoms with Gasteiger partial charge in [0.2, 0.25) is 0 Å². The molecule has 0 N–H and O–H groups in total.